The molecule has 0 aromatic carbocycles. The third-order valence-electron chi connectivity index (χ3n) is 3.07. The number of nitrogens with zero attached hydrogens (tertiary/aromatic N) is 1. The van der Waals surface area contributed by atoms with Gasteiger partial charge in [0.2, 0.25) is 0 Å². The van der Waals surface area contributed by atoms with Crippen molar-refractivity contribution < 1.29 is 8.42 Å². The summed E-state index contributed by atoms with van der Waals surface area (Å²) in [4.78, 5) is 0. The Balaban J connectivity index is 2.29. The van der Waals surface area contributed by atoms with Gasteiger partial charge >= 0.3 is 0 Å². The van der Waals surface area contributed by atoms with Crippen molar-refractivity contribution in [2.75, 3.05) is 13.6 Å². The van der Waals surface area contributed by atoms with Crippen LogP contribution < -0.4 is 5.73 Å². The van der Waals surface area contributed by atoms with Gasteiger partial charge in [-0.1, -0.05) is 0 Å². The summed E-state index contributed by atoms with van der Waals surface area (Å²) in [6.07, 6.45) is 2.15. The van der Waals surface area contributed by atoms with E-state index in [4.69, 9.17) is 5.73 Å². The van der Waals surface area contributed by atoms with Gasteiger partial charge in [0.25, 0.3) is 10.0 Å². The van der Waals surface area contributed by atoms with Crippen molar-refractivity contribution in [3.8, 4) is 0 Å². The van der Waals surface area contributed by atoms with Crippen LogP contribution in [0.15, 0.2) is 20.1 Å². The van der Waals surface area contributed by atoms with E-state index in [0.717, 1.165) is 12.8 Å². The lowest BCUT2D eigenvalue weighted by atomic mass is 10.2. The molecule has 0 aliphatic heterocycles. The van der Waals surface area contributed by atoms with E-state index in [1.165, 1.54) is 15.6 Å². The van der Waals surface area contributed by atoms with E-state index < -0.39 is 10.0 Å². The molecule has 1 aromatic heterocycles. The first-order valence-electron chi connectivity index (χ1n) is 5.39. The third kappa shape index (κ3) is 2.58. The van der Waals surface area contributed by atoms with Gasteiger partial charge in [-0.05, 0) is 46.1 Å². The van der Waals surface area contributed by atoms with E-state index in [-0.39, 0.29) is 6.04 Å². The van der Waals surface area contributed by atoms with Crippen LogP contribution in [0.1, 0.15) is 12.8 Å². The van der Waals surface area contributed by atoms with Crippen molar-refractivity contribution in [3.63, 3.8) is 0 Å². The van der Waals surface area contributed by atoms with Gasteiger partial charge < -0.3 is 5.73 Å². The molecule has 0 bridgehead atoms. The van der Waals surface area contributed by atoms with Crippen molar-refractivity contribution in [1.29, 1.82) is 0 Å². The minimum Gasteiger partial charge on any atom is -0.329 e. The normalized spacial score (nSPS) is 18.6. The van der Waals surface area contributed by atoms with Crippen LogP contribution in [0, 0.1) is 5.92 Å². The minimum absolute atomic E-state index is 0.0750. The Morgan fingerprint density at radius 3 is 2.71 bits per heavy atom. The molecule has 0 spiro atoms. The minimum atomic E-state index is -3.42. The fraction of sp³-hybridized carbons (Fsp3) is 0.600. The van der Waals surface area contributed by atoms with Crippen molar-refractivity contribution in [2.45, 2.75) is 23.1 Å². The van der Waals surface area contributed by atoms with E-state index in [0.29, 0.717) is 21.1 Å². The Labute approximate surface area is 114 Å². The molecule has 1 unspecified atom stereocenters. The molecule has 2 N–H and O–H groups in total. The Bertz CT molecular complexity index is 496. The molecule has 7 heteroatoms. The fourth-order valence-electron chi connectivity index (χ4n) is 1.89. The van der Waals surface area contributed by atoms with Gasteiger partial charge in [-0.3, -0.25) is 0 Å². The average molecular weight is 339 g/mol. The summed E-state index contributed by atoms with van der Waals surface area (Å²) in [5.74, 6) is 0.429. The molecule has 2 rings (SSSR count). The first-order valence-corrected chi connectivity index (χ1v) is 8.51. The number of hydrogen-bond acceptors (Lipinski definition) is 4. The predicted octanol–water partition coefficient (Wildman–Crippen LogP) is 1.87. The molecule has 1 saturated carbocycles. The van der Waals surface area contributed by atoms with Gasteiger partial charge in [0.15, 0.2) is 0 Å². The molecular weight excluding hydrogens is 324 g/mol. The second kappa shape index (κ2) is 4.97. The maximum atomic E-state index is 12.4. The maximum absolute atomic E-state index is 12.4. The van der Waals surface area contributed by atoms with E-state index in [9.17, 15) is 8.42 Å². The van der Waals surface area contributed by atoms with Crippen LogP contribution in [0.5, 0.6) is 0 Å². The number of hydrogen-bond donors (Lipinski definition) is 1. The largest absolute Gasteiger partial charge is 0.329 e. The molecule has 4 nitrogen and oxygen atoms in total. The van der Waals surface area contributed by atoms with Gasteiger partial charge in [-0.15, -0.1) is 11.3 Å². The summed E-state index contributed by atoms with van der Waals surface area (Å²) < 4.78 is 27.2. The quantitative estimate of drug-likeness (QED) is 0.891. The molecule has 0 amide bonds. The summed E-state index contributed by atoms with van der Waals surface area (Å²) in [6, 6.07) is 1.67. The maximum Gasteiger partial charge on any atom is 0.253 e. The highest BCUT2D eigenvalue weighted by Crippen LogP contribution is 2.38. The van der Waals surface area contributed by atoms with Crippen LogP contribution in [0.3, 0.4) is 0 Å². The second-order valence-electron chi connectivity index (χ2n) is 4.22. The Kier molecular flexibility index (Phi) is 3.94. The smallest absolute Gasteiger partial charge is 0.253 e. The average Bonchev–Trinajstić information content (AvgIpc) is 3.01. The zero-order valence-electron chi connectivity index (χ0n) is 9.47. The molecule has 1 aliphatic rings. The Morgan fingerprint density at radius 2 is 2.29 bits per heavy atom. The van der Waals surface area contributed by atoms with Gasteiger partial charge in [0.1, 0.15) is 4.21 Å². The highest BCUT2D eigenvalue weighted by molar-refractivity contribution is 9.10. The molecule has 1 heterocycles. The van der Waals surface area contributed by atoms with E-state index in [1.54, 1.807) is 18.5 Å². The molecule has 17 heavy (non-hydrogen) atoms. The molecule has 1 fully saturated rings. The SMILES string of the molecule is CN(C(CN)C1CC1)S(=O)(=O)c1sccc1Br. The summed E-state index contributed by atoms with van der Waals surface area (Å²) in [5, 5.41) is 1.76. The van der Waals surface area contributed by atoms with Gasteiger partial charge in [-0.2, -0.15) is 4.31 Å². The van der Waals surface area contributed by atoms with E-state index in [2.05, 4.69) is 15.9 Å². The van der Waals surface area contributed by atoms with Crippen molar-refractivity contribution in [3.05, 3.63) is 15.9 Å². The highest BCUT2D eigenvalue weighted by Gasteiger charge is 2.39. The summed E-state index contributed by atoms with van der Waals surface area (Å²) >= 11 is 4.49. The first-order chi connectivity index (χ1) is 7.98. The van der Waals surface area contributed by atoms with Gasteiger partial charge in [-0.25, -0.2) is 8.42 Å². The highest BCUT2D eigenvalue weighted by atomic mass is 79.9. The lowest BCUT2D eigenvalue weighted by Crippen LogP contribution is -2.43. The first kappa shape index (κ1) is 13.5. The number of thiophene rings is 1. The monoisotopic (exact) mass is 338 g/mol. The van der Waals surface area contributed by atoms with Crippen LogP contribution in [-0.4, -0.2) is 32.4 Å². The third-order valence-corrected chi connectivity index (χ3v) is 7.60. The number of nitrogens with two attached hydrogens (primary N) is 1. The topological polar surface area (TPSA) is 63.4 Å². The molecule has 1 aromatic rings. The van der Waals surface area contributed by atoms with Gasteiger partial charge in [0, 0.05) is 24.1 Å². The summed E-state index contributed by atoms with van der Waals surface area (Å²) in [6.45, 7) is 0.378. The standard InChI is InChI=1S/C10H15BrN2O2S2/c1-13(9(6-12)7-2-3-7)17(14,15)10-8(11)4-5-16-10/h4-5,7,9H,2-3,6,12H2,1H3. The lowest BCUT2D eigenvalue weighted by Gasteiger charge is -2.25. The molecule has 0 saturated heterocycles. The predicted molar refractivity (Wildman–Crippen MR) is 72.5 cm³/mol. The molecular formula is C10H15BrN2O2S2. The van der Waals surface area contributed by atoms with E-state index in [1.807, 2.05) is 0 Å². The molecule has 96 valence electrons. The fourth-order valence-corrected chi connectivity index (χ4v) is 5.80. The number of likely N-dealkylation sites (N-methyl/N-ethyl adjacent to an activating group) is 1. The van der Waals surface area contributed by atoms with Crippen molar-refractivity contribution >= 4 is 37.3 Å². The Hall–Kier alpha value is 0.0500. The zero-order valence-corrected chi connectivity index (χ0v) is 12.7. The van der Waals surface area contributed by atoms with Crippen LogP contribution >= 0.6 is 27.3 Å². The summed E-state index contributed by atoms with van der Waals surface area (Å²) in [7, 11) is -1.80. The zero-order chi connectivity index (χ0) is 12.6. The number of sulfonamides is 1. The van der Waals surface area contributed by atoms with Crippen LogP contribution in [0.4, 0.5) is 0 Å². The van der Waals surface area contributed by atoms with Crippen LogP contribution in [-0.2, 0) is 10.0 Å². The summed E-state index contributed by atoms with van der Waals surface area (Å²) in [5.41, 5.74) is 5.69. The second-order valence-corrected chi connectivity index (χ2v) is 8.18. The molecule has 1 aliphatic carbocycles. The molecule has 0 radical (unpaired) electrons. The number of rotatable bonds is 5. The Morgan fingerprint density at radius 1 is 1.65 bits per heavy atom. The van der Waals surface area contributed by atoms with Crippen LogP contribution in [0.25, 0.3) is 0 Å². The van der Waals surface area contributed by atoms with Gasteiger partial charge in [0.05, 0.1) is 0 Å². The van der Waals surface area contributed by atoms with Crippen molar-refractivity contribution in [2.24, 2.45) is 11.7 Å². The van der Waals surface area contributed by atoms with Crippen molar-refractivity contribution in [1.82, 2.24) is 4.31 Å². The lowest BCUT2D eigenvalue weighted by molar-refractivity contribution is 0.341. The van der Waals surface area contributed by atoms with E-state index >= 15 is 0 Å². The van der Waals surface area contributed by atoms with Crippen LogP contribution in [0.2, 0.25) is 0 Å². The number of halogens is 1. The molecule has 1 atom stereocenters.